The van der Waals surface area contributed by atoms with Crippen molar-refractivity contribution >= 4 is 33.7 Å². The highest BCUT2D eigenvalue weighted by Crippen LogP contribution is 2.24. The summed E-state index contributed by atoms with van der Waals surface area (Å²) in [5, 5.41) is 8.08. The van der Waals surface area contributed by atoms with Crippen LogP contribution in [0.15, 0.2) is 60.1 Å². The molecule has 1 N–H and O–H groups in total. The Morgan fingerprint density at radius 2 is 1.88 bits per heavy atom. The molecule has 25 heavy (non-hydrogen) atoms. The first-order chi connectivity index (χ1) is 12.1. The van der Waals surface area contributed by atoms with Crippen molar-refractivity contribution in [2.45, 2.75) is 13.8 Å². The van der Waals surface area contributed by atoms with Gasteiger partial charge < -0.3 is 5.32 Å². The smallest absolute Gasteiger partial charge is 0.257 e. The van der Waals surface area contributed by atoms with Crippen molar-refractivity contribution in [3.8, 4) is 5.13 Å². The van der Waals surface area contributed by atoms with Crippen molar-refractivity contribution in [1.82, 2.24) is 9.55 Å². The maximum atomic E-state index is 12.8. The van der Waals surface area contributed by atoms with Crippen molar-refractivity contribution in [2.24, 2.45) is 0 Å². The summed E-state index contributed by atoms with van der Waals surface area (Å²) in [5.41, 5.74) is 3.35. The number of carbonyl (C=O) groups is 1. The highest BCUT2D eigenvalue weighted by Gasteiger charge is 2.18. The third-order valence-electron chi connectivity index (χ3n) is 4.29. The molecule has 0 atom stereocenters. The van der Waals surface area contributed by atoms with E-state index in [0.29, 0.717) is 5.56 Å². The van der Waals surface area contributed by atoms with Crippen LogP contribution in [0, 0.1) is 13.8 Å². The SMILES string of the molecule is Cc1cc(C(=O)Nc2ccc3ccccc3c2)c(C)n1-c1nccs1. The second-order valence-corrected chi connectivity index (χ2v) is 6.82. The summed E-state index contributed by atoms with van der Waals surface area (Å²) in [6, 6.07) is 16.0. The first-order valence-corrected chi connectivity index (χ1v) is 8.90. The highest BCUT2D eigenvalue weighted by atomic mass is 32.1. The Balaban J connectivity index is 1.66. The molecule has 0 saturated carbocycles. The van der Waals surface area contributed by atoms with Gasteiger partial charge in [0.2, 0.25) is 0 Å². The Hall–Kier alpha value is -2.92. The van der Waals surface area contributed by atoms with Gasteiger partial charge in [0.25, 0.3) is 5.91 Å². The summed E-state index contributed by atoms with van der Waals surface area (Å²) in [7, 11) is 0. The lowest BCUT2D eigenvalue weighted by Crippen LogP contribution is -2.13. The highest BCUT2D eigenvalue weighted by molar-refractivity contribution is 7.12. The fraction of sp³-hybridized carbons (Fsp3) is 0.100. The average Bonchev–Trinajstić information content (AvgIpc) is 3.22. The van der Waals surface area contributed by atoms with E-state index >= 15 is 0 Å². The summed E-state index contributed by atoms with van der Waals surface area (Å²) in [6.07, 6.45) is 1.77. The van der Waals surface area contributed by atoms with Crippen molar-refractivity contribution in [3.05, 3.63) is 77.1 Å². The van der Waals surface area contributed by atoms with Gasteiger partial charge in [-0.25, -0.2) is 4.98 Å². The van der Waals surface area contributed by atoms with Crippen LogP contribution in [0.2, 0.25) is 0 Å². The molecule has 4 aromatic rings. The number of benzene rings is 2. The van der Waals surface area contributed by atoms with Crippen LogP contribution in [-0.2, 0) is 0 Å². The Morgan fingerprint density at radius 3 is 2.64 bits per heavy atom. The number of anilines is 1. The predicted molar refractivity (Wildman–Crippen MR) is 103 cm³/mol. The van der Waals surface area contributed by atoms with Gasteiger partial charge in [-0.05, 0) is 42.8 Å². The minimum Gasteiger partial charge on any atom is -0.322 e. The number of amides is 1. The Labute approximate surface area is 149 Å². The monoisotopic (exact) mass is 347 g/mol. The van der Waals surface area contributed by atoms with E-state index in [4.69, 9.17) is 0 Å². The van der Waals surface area contributed by atoms with Gasteiger partial charge in [0.1, 0.15) is 0 Å². The van der Waals surface area contributed by atoms with E-state index in [1.807, 2.05) is 66.3 Å². The van der Waals surface area contributed by atoms with E-state index < -0.39 is 0 Å². The second kappa shape index (κ2) is 6.18. The van der Waals surface area contributed by atoms with E-state index in [1.54, 1.807) is 17.5 Å². The topological polar surface area (TPSA) is 46.9 Å². The summed E-state index contributed by atoms with van der Waals surface area (Å²) in [4.78, 5) is 17.1. The van der Waals surface area contributed by atoms with E-state index in [-0.39, 0.29) is 5.91 Å². The molecular formula is C20H17N3OS. The molecule has 2 heterocycles. The van der Waals surface area contributed by atoms with Crippen LogP contribution in [0.1, 0.15) is 21.7 Å². The quantitative estimate of drug-likeness (QED) is 0.569. The molecule has 1 amide bonds. The molecule has 0 unspecified atom stereocenters. The molecule has 124 valence electrons. The molecule has 0 aliphatic heterocycles. The number of nitrogens with one attached hydrogen (secondary N) is 1. The fourth-order valence-electron chi connectivity index (χ4n) is 3.08. The lowest BCUT2D eigenvalue weighted by atomic mass is 10.1. The molecule has 4 rings (SSSR count). The van der Waals surface area contributed by atoms with Crippen LogP contribution in [0.25, 0.3) is 15.9 Å². The van der Waals surface area contributed by atoms with Gasteiger partial charge in [-0.3, -0.25) is 9.36 Å². The summed E-state index contributed by atoms with van der Waals surface area (Å²) in [6.45, 7) is 3.94. The Bertz CT molecular complexity index is 1060. The van der Waals surface area contributed by atoms with Gasteiger partial charge in [-0.15, -0.1) is 11.3 Å². The van der Waals surface area contributed by atoms with Gasteiger partial charge in [-0.1, -0.05) is 30.3 Å². The molecule has 0 aliphatic carbocycles. The largest absolute Gasteiger partial charge is 0.322 e. The molecule has 0 aliphatic rings. The van der Waals surface area contributed by atoms with Gasteiger partial charge in [0, 0.05) is 28.7 Å². The zero-order valence-electron chi connectivity index (χ0n) is 14.0. The molecule has 4 nitrogen and oxygen atoms in total. The third kappa shape index (κ3) is 2.83. The number of aryl methyl sites for hydroxylation is 1. The predicted octanol–water partition coefficient (Wildman–Crippen LogP) is 4.96. The normalized spacial score (nSPS) is 11.0. The Kier molecular flexibility index (Phi) is 3.86. The molecule has 2 aromatic heterocycles. The summed E-state index contributed by atoms with van der Waals surface area (Å²) < 4.78 is 2.01. The van der Waals surface area contributed by atoms with Crippen LogP contribution >= 0.6 is 11.3 Å². The van der Waals surface area contributed by atoms with Crippen LogP contribution in [0.5, 0.6) is 0 Å². The van der Waals surface area contributed by atoms with Gasteiger partial charge in [-0.2, -0.15) is 0 Å². The third-order valence-corrected chi connectivity index (χ3v) is 5.05. The van der Waals surface area contributed by atoms with Gasteiger partial charge in [0.15, 0.2) is 5.13 Å². The number of fused-ring (bicyclic) bond motifs is 1. The maximum absolute atomic E-state index is 12.8. The number of aromatic nitrogens is 2. The summed E-state index contributed by atoms with van der Waals surface area (Å²) >= 11 is 1.55. The van der Waals surface area contributed by atoms with E-state index in [1.165, 1.54) is 0 Å². The molecule has 5 heteroatoms. The number of nitrogens with zero attached hydrogens (tertiary/aromatic N) is 2. The molecule has 0 bridgehead atoms. The van der Waals surface area contributed by atoms with Crippen LogP contribution in [0.3, 0.4) is 0 Å². The summed E-state index contributed by atoms with van der Waals surface area (Å²) in [5.74, 6) is -0.105. The number of carbonyl (C=O) groups excluding carboxylic acids is 1. The number of thiazole rings is 1. The zero-order valence-corrected chi connectivity index (χ0v) is 14.8. The molecule has 0 saturated heterocycles. The molecule has 0 spiro atoms. The first-order valence-electron chi connectivity index (χ1n) is 8.02. The van der Waals surface area contributed by atoms with Crippen LogP contribution in [0.4, 0.5) is 5.69 Å². The number of hydrogen-bond acceptors (Lipinski definition) is 3. The van der Waals surface area contributed by atoms with Crippen molar-refractivity contribution < 1.29 is 4.79 Å². The second-order valence-electron chi connectivity index (χ2n) is 5.95. The van der Waals surface area contributed by atoms with Crippen molar-refractivity contribution in [2.75, 3.05) is 5.32 Å². The fourth-order valence-corrected chi connectivity index (χ4v) is 3.83. The zero-order chi connectivity index (χ0) is 17.4. The van der Waals surface area contributed by atoms with Gasteiger partial charge >= 0.3 is 0 Å². The van der Waals surface area contributed by atoms with Gasteiger partial charge in [0.05, 0.1) is 5.56 Å². The Morgan fingerprint density at radius 1 is 1.08 bits per heavy atom. The number of hydrogen-bond donors (Lipinski definition) is 1. The maximum Gasteiger partial charge on any atom is 0.257 e. The van der Waals surface area contributed by atoms with Crippen LogP contribution < -0.4 is 5.32 Å². The van der Waals surface area contributed by atoms with Crippen molar-refractivity contribution in [3.63, 3.8) is 0 Å². The lowest BCUT2D eigenvalue weighted by molar-refractivity contribution is 0.102. The number of rotatable bonds is 3. The van der Waals surface area contributed by atoms with Crippen molar-refractivity contribution in [1.29, 1.82) is 0 Å². The first kappa shape index (κ1) is 15.6. The minimum absolute atomic E-state index is 0.105. The minimum atomic E-state index is -0.105. The molecular weight excluding hydrogens is 330 g/mol. The molecule has 0 radical (unpaired) electrons. The lowest BCUT2D eigenvalue weighted by Gasteiger charge is -2.08. The van der Waals surface area contributed by atoms with E-state index in [2.05, 4.69) is 16.4 Å². The average molecular weight is 347 g/mol. The van der Waals surface area contributed by atoms with E-state index in [9.17, 15) is 4.79 Å². The standard InChI is InChI=1S/C20H17N3OS/c1-13-11-18(14(2)23(13)20-21-9-10-25-20)19(24)22-17-8-7-15-5-3-4-6-16(15)12-17/h3-12H,1-2H3,(H,22,24). The molecule has 2 aromatic carbocycles. The molecule has 0 fully saturated rings. The van der Waals surface area contributed by atoms with Crippen LogP contribution in [-0.4, -0.2) is 15.5 Å². The van der Waals surface area contributed by atoms with E-state index in [0.717, 1.165) is 33.0 Å².